The quantitative estimate of drug-likeness (QED) is 0.568. The van der Waals surface area contributed by atoms with Crippen LogP contribution in [0, 0.1) is 0 Å². The molecule has 32 heavy (non-hydrogen) atoms. The van der Waals surface area contributed by atoms with Crippen LogP contribution in [0.25, 0.3) is 0 Å². The molecule has 3 rings (SSSR count). The monoisotopic (exact) mass is 457 g/mol. The molecule has 1 aliphatic carbocycles. The Morgan fingerprint density at radius 2 is 1.72 bits per heavy atom. The van der Waals surface area contributed by atoms with Crippen molar-refractivity contribution >= 4 is 21.6 Å². The topological polar surface area (TPSA) is 78.5 Å². The summed E-state index contributed by atoms with van der Waals surface area (Å²) in [6, 6.07) is 14.4. The van der Waals surface area contributed by atoms with Crippen LogP contribution in [0.15, 0.2) is 53.4 Å². The Hall–Kier alpha value is -2.22. The molecular formula is C25H35N3O3S. The minimum absolute atomic E-state index is 0.147. The SMILES string of the molecule is CCC(C)NS(=O)(=O)c1ccc(C(=O)Nc2ccccc2CN(C)C2CCCCC2)cc1. The van der Waals surface area contributed by atoms with Crippen molar-refractivity contribution in [3.8, 4) is 0 Å². The number of rotatable bonds is 9. The van der Waals surface area contributed by atoms with Crippen LogP contribution in [-0.2, 0) is 16.6 Å². The van der Waals surface area contributed by atoms with Gasteiger partial charge in [0.2, 0.25) is 10.0 Å². The van der Waals surface area contributed by atoms with Gasteiger partial charge in [0.25, 0.3) is 5.91 Å². The molecule has 2 aromatic rings. The Bertz CT molecular complexity index is 999. The summed E-state index contributed by atoms with van der Waals surface area (Å²) in [5.74, 6) is -0.253. The molecule has 0 bridgehead atoms. The highest BCUT2D eigenvalue weighted by molar-refractivity contribution is 7.89. The zero-order chi connectivity index (χ0) is 23.1. The molecule has 0 aliphatic heterocycles. The molecule has 1 unspecified atom stereocenters. The Morgan fingerprint density at radius 1 is 1.06 bits per heavy atom. The van der Waals surface area contributed by atoms with Gasteiger partial charge in [-0.15, -0.1) is 0 Å². The minimum atomic E-state index is -3.59. The summed E-state index contributed by atoms with van der Waals surface area (Å²) in [5.41, 5.74) is 2.28. The van der Waals surface area contributed by atoms with E-state index >= 15 is 0 Å². The minimum Gasteiger partial charge on any atom is -0.322 e. The number of nitrogens with zero attached hydrogens (tertiary/aromatic N) is 1. The molecule has 1 atom stereocenters. The molecule has 174 valence electrons. The van der Waals surface area contributed by atoms with E-state index in [1.165, 1.54) is 44.2 Å². The maximum absolute atomic E-state index is 12.8. The average molecular weight is 458 g/mol. The number of sulfonamides is 1. The highest BCUT2D eigenvalue weighted by atomic mass is 32.2. The molecule has 0 radical (unpaired) electrons. The molecule has 6 nitrogen and oxygen atoms in total. The smallest absolute Gasteiger partial charge is 0.255 e. The van der Waals surface area contributed by atoms with Gasteiger partial charge in [-0.1, -0.05) is 44.4 Å². The van der Waals surface area contributed by atoms with Crippen LogP contribution >= 0.6 is 0 Å². The number of hydrogen-bond acceptors (Lipinski definition) is 4. The van der Waals surface area contributed by atoms with Gasteiger partial charge in [-0.2, -0.15) is 0 Å². The zero-order valence-electron chi connectivity index (χ0n) is 19.3. The third-order valence-corrected chi connectivity index (χ3v) is 7.88. The third-order valence-electron chi connectivity index (χ3n) is 6.28. The first kappa shape index (κ1) is 24.4. The molecule has 2 aromatic carbocycles. The first-order valence-corrected chi connectivity index (χ1v) is 13.0. The summed E-state index contributed by atoms with van der Waals surface area (Å²) < 4.78 is 27.5. The van der Waals surface area contributed by atoms with E-state index < -0.39 is 10.0 Å². The van der Waals surface area contributed by atoms with E-state index in [1.807, 2.05) is 38.1 Å². The van der Waals surface area contributed by atoms with E-state index in [9.17, 15) is 13.2 Å². The molecule has 0 saturated heterocycles. The number of amides is 1. The molecule has 1 amide bonds. The lowest BCUT2D eigenvalue weighted by Gasteiger charge is -2.31. The number of para-hydroxylation sites is 1. The van der Waals surface area contributed by atoms with E-state index in [1.54, 1.807) is 12.1 Å². The predicted molar refractivity (Wildman–Crippen MR) is 129 cm³/mol. The van der Waals surface area contributed by atoms with Crippen LogP contribution in [0.5, 0.6) is 0 Å². The van der Waals surface area contributed by atoms with Crippen molar-refractivity contribution < 1.29 is 13.2 Å². The van der Waals surface area contributed by atoms with Crippen molar-refractivity contribution in [1.82, 2.24) is 9.62 Å². The van der Waals surface area contributed by atoms with Crippen molar-refractivity contribution in [2.45, 2.75) is 75.9 Å². The normalized spacial score (nSPS) is 16.1. The highest BCUT2D eigenvalue weighted by Gasteiger charge is 2.20. The lowest BCUT2D eigenvalue weighted by Crippen LogP contribution is -2.33. The van der Waals surface area contributed by atoms with Crippen molar-refractivity contribution in [3.05, 3.63) is 59.7 Å². The van der Waals surface area contributed by atoms with Gasteiger partial charge in [0, 0.05) is 29.9 Å². The van der Waals surface area contributed by atoms with E-state index in [0.29, 0.717) is 18.0 Å². The number of hydrogen-bond donors (Lipinski definition) is 2. The fourth-order valence-corrected chi connectivity index (χ4v) is 5.42. The standard InChI is InChI=1S/C25H35N3O3S/c1-4-19(2)27-32(30,31)23-16-14-20(15-17-23)25(29)26-24-13-9-8-10-21(24)18-28(3)22-11-6-5-7-12-22/h8-10,13-17,19,22,27H,4-7,11-12,18H2,1-3H3,(H,26,29). The molecule has 1 aliphatic rings. The van der Waals surface area contributed by atoms with Crippen LogP contribution < -0.4 is 10.0 Å². The van der Waals surface area contributed by atoms with Gasteiger partial charge in [0.1, 0.15) is 0 Å². The summed E-state index contributed by atoms with van der Waals surface area (Å²) in [6.07, 6.45) is 7.05. The number of carbonyl (C=O) groups excluding carboxylic acids is 1. The molecule has 0 heterocycles. The molecule has 2 N–H and O–H groups in total. The zero-order valence-corrected chi connectivity index (χ0v) is 20.1. The fourth-order valence-electron chi connectivity index (χ4n) is 4.10. The largest absolute Gasteiger partial charge is 0.322 e. The van der Waals surface area contributed by atoms with E-state index in [4.69, 9.17) is 0 Å². The Kier molecular flexibility index (Phi) is 8.45. The Balaban J connectivity index is 1.68. The summed E-state index contributed by atoms with van der Waals surface area (Å²) in [6.45, 7) is 4.52. The third kappa shape index (κ3) is 6.40. The van der Waals surface area contributed by atoms with Gasteiger partial charge in [0.15, 0.2) is 0 Å². The second-order valence-corrected chi connectivity index (χ2v) is 10.5. The Morgan fingerprint density at radius 3 is 2.38 bits per heavy atom. The summed E-state index contributed by atoms with van der Waals surface area (Å²) in [7, 11) is -1.44. The lowest BCUT2D eigenvalue weighted by atomic mass is 9.94. The Labute approximate surface area is 192 Å². The second-order valence-electron chi connectivity index (χ2n) is 8.77. The molecule has 7 heteroatoms. The maximum Gasteiger partial charge on any atom is 0.255 e. The molecule has 1 saturated carbocycles. The summed E-state index contributed by atoms with van der Waals surface area (Å²) in [4.78, 5) is 15.4. The van der Waals surface area contributed by atoms with Crippen LogP contribution in [-0.4, -0.2) is 38.4 Å². The highest BCUT2D eigenvalue weighted by Crippen LogP contribution is 2.25. The fraction of sp³-hybridized carbons (Fsp3) is 0.480. The average Bonchev–Trinajstić information content (AvgIpc) is 2.80. The first-order chi connectivity index (χ1) is 15.3. The molecule has 0 spiro atoms. The van der Waals surface area contributed by atoms with Crippen molar-refractivity contribution in [2.24, 2.45) is 0 Å². The van der Waals surface area contributed by atoms with Gasteiger partial charge in [-0.05, 0) is 69.1 Å². The summed E-state index contributed by atoms with van der Waals surface area (Å²) >= 11 is 0. The van der Waals surface area contributed by atoms with Crippen LogP contribution in [0.2, 0.25) is 0 Å². The van der Waals surface area contributed by atoms with Crippen molar-refractivity contribution in [1.29, 1.82) is 0 Å². The number of nitrogens with one attached hydrogen (secondary N) is 2. The number of anilines is 1. The van der Waals surface area contributed by atoms with Crippen LogP contribution in [0.4, 0.5) is 5.69 Å². The first-order valence-electron chi connectivity index (χ1n) is 11.5. The molecular weight excluding hydrogens is 422 g/mol. The van der Waals surface area contributed by atoms with E-state index in [-0.39, 0.29) is 16.8 Å². The summed E-state index contributed by atoms with van der Waals surface area (Å²) in [5, 5.41) is 3.00. The van der Waals surface area contributed by atoms with E-state index in [2.05, 4.69) is 22.0 Å². The van der Waals surface area contributed by atoms with Gasteiger partial charge in [-0.3, -0.25) is 9.69 Å². The van der Waals surface area contributed by atoms with E-state index in [0.717, 1.165) is 17.8 Å². The van der Waals surface area contributed by atoms with Gasteiger partial charge < -0.3 is 5.32 Å². The van der Waals surface area contributed by atoms with Gasteiger partial charge in [0.05, 0.1) is 4.90 Å². The van der Waals surface area contributed by atoms with Crippen LogP contribution in [0.1, 0.15) is 68.3 Å². The van der Waals surface area contributed by atoms with Crippen LogP contribution in [0.3, 0.4) is 0 Å². The number of carbonyl (C=O) groups is 1. The predicted octanol–water partition coefficient (Wildman–Crippen LogP) is 4.78. The van der Waals surface area contributed by atoms with Gasteiger partial charge in [-0.25, -0.2) is 13.1 Å². The maximum atomic E-state index is 12.8. The second kappa shape index (κ2) is 11.1. The van der Waals surface area contributed by atoms with Crippen molar-refractivity contribution in [2.75, 3.05) is 12.4 Å². The van der Waals surface area contributed by atoms with Crippen molar-refractivity contribution in [3.63, 3.8) is 0 Å². The number of benzene rings is 2. The molecule has 1 fully saturated rings. The van der Waals surface area contributed by atoms with Gasteiger partial charge >= 0.3 is 0 Å². The lowest BCUT2D eigenvalue weighted by molar-refractivity contribution is 0.102. The molecule has 0 aromatic heterocycles.